The van der Waals surface area contributed by atoms with Crippen LogP contribution in [-0.4, -0.2) is 56.3 Å². The molecule has 10 heteroatoms. The van der Waals surface area contributed by atoms with E-state index in [2.05, 4.69) is 38.3 Å². The quantitative estimate of drug-likeness (QED) is 0.545. The van der Waals surface area contributed by atoms with Crippen LogP contribution in [0.15, 0.2) is 24.6 Å². The first kappa shape index (κ1) is 19.5. The van der Waals surface area contributed by atoms with Crippen molar-refractivity contribution >= 4 is 35.4 Å². The Labute approximate surface area is 145 Å². The average Bonchev–Trinajstić information content (AvgIpc) is 2.55. The Morgan fingerprint density at radius 2 is 1.91 bits per heavy atom. The van der Waals surface area contributed by atoms with Crippen LogP contribution >= 0.6 is 23.3 Å². The van der Waals surface area contributed by atoms with Crippen molar-refractivity contribution in [2.24, 2.45) is 0 Å². The summed E-state index contributed by atoms with van der Waals surface area (Å²) in [5.41, 5.74) is -0.0337. The van der Waals surface area contributed by atoms with Crippen LogP contribution < -0.4 is 4.90 Å². The zero-order valence-corrected chi connectivity index (χ0v) is 15.0. The molecular weight excluding hydrogens is 338 g/mol. The van der Waals surface area contributed by atoms with E-state index >= 15 is 0 Å². The molecular formula is C13H21N5O3S2. The zero-order chi connectivity index (χ0) is 17.5. The van der Waals surface area contributed by atoms with Crippen molar-refractivity contribution in [2.45, 2.75) is 26.4 Å². The molecule has 0 unspecified atom stereocenters. The van der Waals surface area contributed by atoms with Gasteiger partial charge in [0.2, 0.25) is 5.95 Å². The van der Waals surface area contributed by atoms with E-state index in [-0.39, 0.29) is 6.61 Å². The first-order chi connectivity index (χ1) is 10.9. The molecule has 0 atom stereocenters. The smallest absolute Gasteiger partial charge is 0.414 e. The molecule has 2 heterocycles. The lowest BCUT2D eigenvalue weighted by Crippen LogP contribution is -2.44. The summed E-state index contributed by atoms with van der Waals surface area (Å²) < 4.78 is 5.31. The molecule has 0 fully saturated rings. The van der Waals surface area contributed by atoms with Crippen molar-refractivity contribution in [2.75, 3.05) is 24.6 Å². The van der Waals surface area contributed by atoms with Crippen molar-refractivity contribution in [3.05, 3.63) is 24.6 Å². The van der Waals surface area contributed by atoms with Gasteiger partial charge in [-0.15, -0.1) is 23.3 Å². The molecule has 1 N–H and O–H groups in total. The van der Waals surface area contributed by atoms with Crippen LogP contribution in [0.4, 0.5) is 10.7 Å². The minimum Gasteiger partial charge on any atom is -0.443 e. The third-order valence-electron chi connectivity index (χ3n) is 2.73. The molecule has 0 bridgehead atoms. The number of aliphatic hydroxyl groups excluding tert-OH is 1. The third kappa shape index (κ3) is 5.88. The van der Waals surface area contributed by atoms with Gasteiger partial charge in [0, 0.05) is 19.3 Å². The molecule has 0 saturated carbocycles. The molecule has 1 amide bonds. The van der Waals surface area contributed by atoms with Crippen molar-refractivity contribution in [1.82, 2.24) is 19.9 Å². The number of rotatable bonds is 2. The number of carbonyl (C=O) groups excluding carboxylic acids is 1. The van der Waals surface area contributed by atoms with Gasteiger partial charge in [0.25, 0.3) is 0 Å². The van der Waals surface area contributed by atoms with Crippen LogP contribution in [0.3, 0.4) is 0 Å². The summed E-state index contributed by atoms with van der Waals surface area (Å²) in [6.07, 6.45) is 3.89. The Hall–Kier alpha value is -1.52. The van der Waals surface area contributed by atoms with E-state index < -0.39 is 11.7 Å². The molecule has 1 aromatic heterocycles. The second-order valence-corrected chi connectivity index (χ2v) is 5.54. The largest absolute Gasteiger partial charge is 0.443 e. The van der Waals surface area contributed by atoms with E-state index in [1.807, 2.05) is 20.8 Å². The van der Waals surface area contributed by atoms with Crippen molar-refractivity contribution in [3.63, 3.8) is 0 Å². The molecule has 128 valence electrons. The van der Waals surface area contributed by atoms with Gasteiger partial charge in [-0.05, 0) is 20.8 Å². The van der Waals surface area contributed by atoms with E-state index in [1.165, 1.54) is 17.6 Å². The van der Waals surface area contributed by atoms with Crippen molar-refractivity contribution in [1.29, 1.82) is 0 Å². The average molecular weight is 359 g/mol. The number of thiol groups is 2. The highest BCUT2D eigenvalue weighted by atomic mass is 33.1. The highest BCUT2D eigenvalue weighted by molar-refractivity contribution is 8.59. The minimum absolute atomic E-state index is 0.231. The molecule has 1 aliphatic rings. The summed E-state index contributed by atoms with van der Waals surface area (Å²) in [5, 5.41) is 9.49. The summed E-state index contributed by atoms with van der Waals surface area (Å²) in [6.45, 7) is 6.08. The van der Waals surface area contributed by atoms with Gasteiger partial charge in [-0.2, -0.15) is 0 Å². The van der Waals surface area contributed by atoms with Gasteiger partial charge in [0.05, 0.1) is 12.3 Å². The Balaban J connectivity index is 0.00000127. The first-order valence-corrected chi connectivity index (χ1v) is 8.41. The number of aromatic nitrogens is 3. The van der Waals surface area contributed by atoms with Gasteiger partial charge < -0.3 is 14.7 Å². The molecule has 0 saturated heterocycles. The fraction of sp³-hybridized carbons (Fsp3) is 0.538. The molecule has 0 aromatic carbocycles. The van der Waals surface area contributed by atoms with E-state index in [4.69, 9.17) is 4.74 Å². The molecule has 2 rings (SSSR count). The lowest BCUT2D eigenvalue weighted by molar-refractivity contribution is 0.0329. The zero-order valence-electron chi connectivity index (χ0n) is 13.2. The fourth-order valence-corrected chi connectivity index (χ4v) is 1.86. The first-order valence-electron chi connectivity index (χ1n) is 6.81. The van der Waals surface area contributed by atoms with Crippen molar-refractivity contribution < 1.29 is 14.6 Å². The van der Waals surface area contributed by atoms with Crippen LogP contribution in [-0.2, 0) is 4.74 Å². The Bertz CT molecular complexity index is 536. The molecule has 1 aromatic rings. The number of ether oxygens (including phenoxy) is 1. The van der Waals surface area contributed by atoms with E-state index in [1.54, 1.807) is 11.1 Å². The normalized spacial score (nSPS) is 14.6. The maximum Gasteiger partial charge on any atom is 0.414 e. The number of hydrogen-bond donors (Lipinski definition) is 3. The van der Waals surface area contributed by atoms with Gasteiger partial charge in [-0.25, -0.2) is 19.7 Å². The summed E-state index contributed by atoms with van der Waals surface area (Å²) in [4.78, 5) is 27.1. The third-order valence-corrected chi connectivity index (χ3v) is 2.73. The van der Waals surface area contributed by atoms with E-state index in [9.17, 15) is 9.90 Å². The number of hydrogen-bond acceptors (Lipinski definition) is 9. The second kappa shape index (κ2) is 8.94. The number of amides is 1. The Kier molecular flexibility index (Phi) is 7.59. The second-order valence-electron chi connectivity index (χ2n) is 5.54. The lowest BCUT2D eigenvalue weighted by atomic mass is 10.2. The predicted octanol–water partition coefficient (Wildman–Crippen LogP) is 1.52. The molecule has 0 radical (unpaired) electrons. The highest BCUT2D eigenvalue weighted by Gasteiger charge is 2.27. The van der Waals surface area contributed by atoms with Gasteiger partial charge in [0.1, 0.15) is 18.3 Å². The fourth-order valence-electron chi connectivity index (χ4n) is 1.86. The molecule has 0 spiro atoms. The Morgan fingerprint density at radius 1 is 1.30 bits per heavy atom. The summed E-state index contributed by atoms with van der Waals surface area (Å²) in [5.74, 6) is 0.439. The summed E-state index contributed by atoms with van der Waals surface area (Å²) in [6, 6.07) is 0. The minimum atomic E-state index is -0.560. The van der Waals surface area contributed by atoms with E-state index in [0.29, 0.717) is 24.7 Å². The van der Waals surface area contributed by atoms with Crippen LogP contribution in [0.2, 0.25) is 0 Å². The monoisotopic (exact) mass is 359 g/mol. The molecule has 1 aliphatic heterocycles. The lowest BCUT2D eigenvalue weighted by Gasteiger charge is -2.34. The number of nitrogens with zero attached hydrogens (tertiary/aromatic N) is 5. The topological polar surface area (TPSA) is 91.7 Å². The standard InChI is InChI=1S/C13H19N5O3.H2S2/c1-13(2,3)21-12(20)17-4-5-18(10(6-17)7-19)11-15-8-14-9-16-11;1-2/h6,8-9,19H,4-5,7H2,1-3H3;1-2H. The molecule has 0 aliphatic carbocycles. The maximum atomic E-state index is 12.0. The van der Waals surface area contributed by atoms with Gasteiger partial charge in [-0.3, -0.25) is 4.90 Å². The predicted molar refractivity (Wildman–Crippen MR) is 93.3 cm³/mol. The van der Waals surface area contributed by atoms with E-state index in [0.717, 1.165) is 0 Å². The summed E-state index contributed by atoms with van der Waals surface area (Å²) in [7, 11) is 0. The van der Waals surface area contributed by atoms with Gasteiger partial charge in [0.15, 0.2) is 0 Å². The Morgan fingerprint density at radius 3 is 2.43 bits per heavy atom. The van der Waals surface area contributed by atoms with Crippen LogP contribution in [0, 0.1) is 0 Å². The molecule has 8 nitrogen and oxygen atoms in total. The van der Waals surface area contributed by atoms with Crippen molar-refractivity contribution in [3.8, 4) is 0 Å². The maximum absolute atomic E-state index is 12.0. The van der Waals surface area contributed by atoms with Crippen LogP contribution in [0.1, 0.15) is 20.8 Å². The number of anilines is 1. The van der Waals surface area contributed by atoms with Gasteiger partial charge in [-0.1, -0.05) is 0 Å². The SMILES string of the molecule is CC(C)(C)OC(=O)N1C=C(CO)N(c2ncncn2)CC1.SS. The highest BCUT2D eigenvalue weighted by Crippen LogP contribution is 2.19. The number of aliphatic hydroxyl groups is 1. The van der Waals surface area contributed by atoms with Crippen LogP contribution in [0.5, 0.6) is 0 Å². The van der Waals surface area contributed by atoms with Gasteiger partial charge >= 0.3 is 6.09 Å². The summed E-state index contributed by atoms with van der Waals surface area (Å²) >= 11 is 6.44. The number of carbonyl (C=O) groups is 1. The van der Waals surface area contributed by atoms with Crippen LogP contribution in [0.25, 0.3) is 0 Å². The molecule has 23 heavy (non-hydrogen) atoms.